The highest BCUT2D eigenvalue weighted by atomic mass is 19.4. The predicted molar refractivity (Wildman–Crippen MR) is 123 cm³/mol. The number of para-hydroxylation sites is 1. The standard InChI is InChI=1S/C25H28F3N3O2/c1-17-11-24(22-7-3-4-8-23(22)29-17)30-19-12-18(25(26,27)28)13-21(14-19)33-16-20(32)15-31-9-5-2-6-10-31/h3-4,7-8,11-14,20,32H,2,5-6,9-10,15-16H2,1H3,(H,29,30)/t20-/m0/s1. The molecule has 0 radical (unpaired) electrons. The lowest BCUT2D eigenvalue weighted by Crippen LogP contribution is -2.38. The van der Waals surface area contributed by atoms with E-state index in [0.29, 0.717) is 12.2 Å². The van der Waals surface area contributed by atoms with Gasteiger partial charge in [-0.25, -0.2) is 0 Å². The van der Waals surface area contributed by atoms with Gasteiger partial charge in [0.2, 0.25) is 0 Å². The lowest BCUT2D eigenvalue weighted by Gasteiger charge is -2.28. The smallest absolute Gasteiger partial charge is 0.416 e. The number of aromatic nitrogens is 1. The van der Waals surface area contributed by atoms with Gasteiger partial charge in [0.05, 0.1) is 11.1 Å². The lowest BCUT2D eigenvalue weighted by atomic mass is 10.1. The van der Waals surface area contributed by atoms with Crippen LogP contribution in [-0.2, 0) is 6.18 Å². The van der Waals surface area contributed by atoms with Crippen LogP contribution >= 0.6 is 0 Å². The van der Waals surface area contributed by atoms with Crippen LogP contribution in [0.3, 0.4) is 0 Å². The van der Waals surface area contributed by atoms with Gasteiger partial charge >= 0.3 is 6.18 Å². The molecule has 1 atom stereocenters. The lowest BCUT2D eigenvalue weighted by molar-refractivity contribution is -0.137. The molecule has 8 heteroatoms. The number of ether oxygens (including phenoxy) is 1. The Hall–Kier alpha value is -2.84. The summed E-state index contributed by atoms with van der Waals surface area (Å²) in [6.45, 7) is 4.06. The fourth-order valence-electron chi connectivity index (χ4n) is 4.17. The van der Waals surface area contributed by atoms with E-state index in [-0.39, 0.29) is 18.0 Å². The molecular formula is C25H28F3N3O2. The normalized spacial score (nSPS) is 16.0. The van der Waals surface area contributed by atoms with Crippen LogP contribution in [0.2, 0.25) is 0 Å². The molecule has 0 unspecified atom stereocenters. The number of hydrogen-bond acceptors (Lipinski definition) is 5. The Morgan fingerprint density at radius 2 is 1.85 bits per heavy atom. The van der Waals surface area contributed by atoms with E-state index >= 15 is 0 Å². The molecule has 2 heterocycles. The summed E-state index contributed by atoms with van der Waals surface area (Å²) in [6.07, 6.45) is -1.92. The van der Waals surface area contributed by atoms with Crippen LogP contribution < -0.4 is 10.1 Å². The van der Waals surface area contributed by atoms with Crippen molar-refractivity contribution in [1.82, 2.24) is 9.88 Å². The number of aliphatic hydroxyl groups excluding tert-OH is 1. The van der Waals surface area contributed by atoms with Crippen molar-refractivity contribution in [2.24, 2.45) is 0 Å². The summed E-state index contributed by atoms with van der Waals surface area (Å²) in [5.74, 6) is 0.0557. The highest BCUT2D eigenvalue weighted by Crippen LogP contribution is 2.36. The van der Waals surface area contributed by atoms with Gasteiger partial charge < -0.3 is 20.1 Å². The van der Waals surface area contributed by atoms with E-state index in [9.17, 15) is 18.3 Å². The molecule has 1 fully saturated rings. The third kappa shape index (κ3) is 6.15. The van der Waals surface area contributed by atoms with Gasteiger partial charge in [0.25, 0.3) is 0 Å². The van der Waals surface area contributed by atoms with E-state index < -0.39 is 17.8 Å². The van der Waals surface area contributed by atoms with Gasteiger partial charge in [-0.1, -0.05) is 24.6 Å². The summed E-state index contributed by atoms with van der Waals surface area (Å²) in [5.41, 5.74) is 1.60. The Morgan fingerprint density at radius 1 is 1.09 bits per heavy atom. The second-order valence-corrected chi connectivity index (χ2v) is 8.52. The molecule has 0 saturated carbocycles. The Labute approximate surface area is 191 Å². The number of benzene rings is 2. The van der Waals surface area contributed by atoms with Crippen LogP contribution in [0.15, 0.2) is 48.5 Å². The molecular weight excluding hydrogens is 431 g/mol. The van der Waals surface area contributed by atoms with Gasteiger partial charge in [-0.05, 0) is 57.1 Å². The van der Waals surface area contributed by atoms with E-state index in [0.717, 1.165) is 54.7 Å². The van der Waals surface area contributed by atoms with Crippen LogP contribution in [-0.4, -0.2) is 47.3 Å². The molecule has 3 aromatic rings. The molecule has 0 spiro atoms. The number of nitrogens with one attached hydrogen (secondary N) is 1. The van der Waals surface area contributed by atoms with E-state index in [2.05, 4.69) is 15.2 Å². The first-order chi connectivity index (χ1) is 15.8. The zero-order valence-electron chi connectivity index (χ0n) is 18.5. The number of fused-ring (bicyclic) bond motifs is 1. The molecule has 1 aliphatic rings. The number of β-amino-alcohol motifs (C(OH)–C–C–N with tert-alkyl or cyclic N) is 1. The van der Waals surface area contributed by atoms with Crippen LogP contribution in [0.25, 0.3) is 10.9 Å². The van der Waals surface area contributed by atoms with Crippen molar-refractivity contribution in [1.29, 1.82) is 0 Å². The number of hydrogen-bond donors (Lipinski definition) is 2. The quantitative estimate of drug-likeness (QED) is 0.487. The average molecular weight is 460 g/mol. The van der Waals surface area contributed by atoms with Crippen molar-refractivity contribution in [2.75, 3.05) is 31.6 Å². The van der Waals surface area contributed by atoms with Crippen molar-refractivity contribution in [2.45, 2.75) is 38.5 Å². The molecule has 1 saturated heterocycles. The summed E-state index contributed by atoms with van der Waals surface area (Å²) in [7, 11) is 0. The molecule has 2 aromatic carbocycles. The fraction of sp³-hybridized carbons (Fsp3) is 0.400. The molecule has 2 N–H and O–H groups in total. The van der Waals surface area contributed by atoms with E-state index in [4.69, 9.17) is 4.74 Å². The van der Waals surface area contributed by atoms with Gasteiger partial charge in [-0.2, -0.15) is 13.2 Å². The molecule has 5 nitrogen and oxygen atoms in total. The summed E-state index contributed by atoms with van der Waals surface area (Å²) in [6, 6.07) is 12.8. The first kappa shape index (κ1) is 23.3. The average Bonchev–Trinajstić information content (AvgIpc) is 2.77. The minimum absolute atomic E-state index is 0.0557. The number of alkyl halides is 3. The summed E-state index contributed by atoms with van der Waals surface area (Å²) >= 11 is 0. The van der Waals surface area contributed by atoms with E-state index in [1.807, 2.05) is 31.2 Å². The van der Waals surface area contributed by atoms with E-state index in [1.54, 1.807) is 6.07 Å². The topological polar surface area (TPSA) is 57.6 Å². The van der Waals surface area contributed by atoms with Crippen molar-refractivity contribution < 1.29 is 23.0 Å². The zero-order valence-corrected chi connectivity index (χ0v) is 18.5. The number of aliphatic hydroxyl groups is 1. The number of anilines is 2. The number of rotatable bonds is 7. The molecule has 0 aliphatic carbocycles. The second-order valence-electron chi connectivity index (χ2n) is 8.52. The Bertz CT molecular complexity index is 1100. The zero-order chi connectivity index (χ0) is 23.4. The van der Waals surface area contributed by atoms with Crippen LogP contribution in [0.4, 0.5) is 24.5 Å². The SMILES string of the molecule is Cc1cc(Nc2cc(OC[C@@H](O)CN3CCCCC3)cc(C(F)(F)F)c2)c2ccccc2n1. The Morgan fingerprint density at radius 3 is 2.61 bits per heavy atom. The second kappa shape index (κ2) is 9.97. The molecule has 1 aliphatic heterocycles. The highest BCUT2D eigenvalue weighted by molar-refractivity contribution is 5.93. The molecule has 33 heavy (non-hydrogen) atoms. The molecule has 0 bridgehead atoms. The van der Waals surface area contributed by atoms with Crippen molar-refractivity contribution in [3.63, 3.8) is 0 Å². The van der Waals surface area contributed by atoms with Gasteiger partial charge in [-0.3, -0.25) is 4.98 Å². The third-order valence-corrected chi connectivity index (χ3v) is 5.72. The van der Waals surface area contributed by atoms with E-state index in [1.165, 1.54) is 12.5 Å². The van der Waals surface area contributed by atoms with Gasteiger partial charge in [0.15, 0.2) is 0 Å². The summed E-state index contributed by atoms with van der Waals surface area (Å²) in [5, 5.41) is 14.2. The Kier molecular flexibility index (Phi) is 7.05. The number of nitrogens with zero attached hydrogens (tertiary/aromatic N) is 2. The molecule has 176 valence electrons. The third-order valence-electron chi connectivity index (χ3n) is 5.72. The number of likely N-dealkylation sites (tertiary alicyclic amines) is 1. The Balaban J connectivity index is 1.54. The minimum Gasteiger partial charge on any atom is -0.491 e. The highest BCUT2D eigenvalue weighted by Gasteiger charge is 2.31. The van der Waals surface area contributed by atoms with Crippen LogP contribution in [0, 0.1) is 6.92 Å². The van der Waals surface area contributed by atoms with Crippen LogP contribution in [0.5, 0.6) is 5.75 Å². The van der Waals surface area contributed by atoms with Crippen molar-refractivity contribution >= 4 is 22.3 Å². The number of piperidine rings is 1. The summed E-state index contributed by atoms with van der Waals surface area (Å²) in [4.78, 5) is 6.63. The molecule has 4 rings (SSSR count). The van der Waals surface area contributed by atoms with Crippen LogP contribution in [0.1, 0.15) is 30.5 Å². The van der Waals surface area contributed by atoms with Gasteiger partial charge in [-0.15, -0.1) is 0 Å². The van der Waals surface area contributed by atoms with Gasteiger partial charge in [0, 0.05) is 35.1 Å². The molecule has 1 aromatic heterocycles. The number of halogens is 3. The maximum absolute atomic E-state index is 13.6. The maximum atomic E-state index is 13.6. The molecule has 0 amide bonds. The monoisotopic (exact) mass is 459 g/mol. The van der Waals surface area contributed by atoms with Crippen molar-refractivity contribution in [3.8, 4) is 5.75 Å². The summed E-state index contributed by atoms with van der Waals surface area (Å²) < 4.78 is 46.3. The predicted octanol–water partition coefficient (Wildman–Crippen LogP) is 5.53. The van der Waals surface area contributed by atoms with Gasteiger partial charge in [0.1, 0.15) is 18.5 Å². The largest absolute Gasteiger partial charge is 0.491 e. The first-order valence-corrected chi connectivity index (χ1v) is 11.2. The fourth-order valence-corrected chi connectivity index (χ4v) is 4.17. The first-order valence-electron chi connectivity index (χ1n) is 11.2. The van der Waals surface area contributed by atoms with Crippen molar-refractivity contribution in [3.05, 3.63) is 59.8 Å². The maximum Gasteiger partial charge on any atom is 0.416 e. The minimum atomic E-state index is -4.53. The number of pyridine rings is 1. The number of aryl methyl sites for hydroxylation is 1.